The Morgan fingerprint density at radius 2 is 1.83 bits per heavy atom. The van der Waals surface area contributed by atoms with Gasteiger partial charge in [-0.3, -0.25) is 9.69 Å². The highest BCUT2D eigenvalue weighted by Gasteiger charge is 2.54. The molecule has 0 spiro atoms. The van der Waals surface area contributed by atoms with E-state index in [1.807, 2.05) is 25.1 Å². The SMILES string of the molecule is COCc1cccc(CN2[C@@H](C)CC(c3cccc(Cl)c3F)[C@]2(C)C(=O)Nc2cccc(Cl)c2)c1. The van der Waals surface area contributed by atoms with Crippen molar-refractivity contribution in [2.75, 3.05) is 12.4 Å². The second kappa shape index (κ2) is 10.7. The number of carbonyl (C=O) groups excluding carboxylic acids is 1. The molecule has 0 bridgehead atoms. The Hall–Kier alpha value is -2.44. The molecule has 1 N–H and O–H groups in total. The third-order valence-corrected chi connectivity index (χ3v) is 7.47. The standard InChI is InChI=1S/C28H29Cl2FN2O2/c1-18-13-24(23-11-6-12-25(30)26(23)31)28(2,27(34)32-22-10-5-9-21(29)15-22)33(18)16-19-7-4-8-20(14-19)17-35-3/h4-12,14-15,18,24H,13,16-17H2,1-3H3,(H,32,34)/t18-,24?,28+/m0/s1. The lowest BCUT2D eigenvalue weighted by Gasteiger charge is -2.40. The maximum atomic E-state index is 15.2. The molecule has 3 aromatic carbocycles. The van der Waals surface area contributed by atoms with E-state index in [1.54, 1.807) is 43.5 Å². The fourth-order valence-electron chi connectivity index (χ4n) is 5.19. The maximum absolute atomic E-state index is 15.2. The Kier molecular flexibility index (Phi) is 7.82. The number of carbonyl (C=O) groups is 1. The van der Waals surface area contributed by atoms with Gasteiger partial charge in [0.2, 0.25) is 5.91 Å². The van der Waals surface area contributed by atoms with Crippen LogP contribution in [-0.4, -0.2) is 29.5 Å². The molecule has 1 saturated heterocycles. The number of methoxy groups -OCH3 is 1. The van der Waals surface area contributed by atoms with Crippen molar-refractivity contribution >= 4 is 34.8 Å². The van der Waals surface area contributed by atoms with E-state index in [0.29, 0.717) is 35.8 Å². The van der Waals surface area contributed by atoms with Gasteiger partial charge in [0.15, 0.2) is 0 Å². The van der Waals surface area contributed by atoms with E-state index in [4.69, 9.17) is 27.9 Å². The molecule has 4 nitrogen and oxygen atoms in total. The molecule has 1 amide bonds. The molecule has 1 unspecified atom stereocenters. The molecular formula is C28H29Cl2FN2O2. The Labute approximate surface area is 216 Å². The lowest BCUT2D eigenvalue weighted by atomic mass is 9.79. The van der Waals surface area contributed by atoms with Gasteiger partial charge in [-0.25, -0.2) is 4.39 Å². The first-order chi connectivity index (χ1) is 16.7. The average molecular weight is 515 g/mol. The number of nitrogens with one attached hydrogen (secondary N) is 1. The first-order valence-electron chi connectivity index (χ1n) is 11.6. The van der Waals surface area contributed by atoms with Crippen molar-refractivity contribution in [3.05, 3.63) is 99.3 Å². The minimum absolute atomic E-state index is 0.0135. The summed E-state index contributed by atoms with van der Waals surface area (Å²) in [5.74, 6) is -1.10. The van der Waals surface area contributed by atoms with Gasteiger partial charge in [0.1, 0.15) is 11.4 Å². The zero-order valence-electron chi connectivity index (χ0n) is 20.0. The summed E-state index contributed by atoms with van der Waals surface area (Å²) in [6.07, 6.45) is 0.606. The van der Waals surface area contributed by atoms with E-state index in [-0.39, 0.29) is 17.0 Å². The third-order valence-electron chi connectivity index (χ3n) is 6.94. The fraction of sp³-hybridized carbons (Fsp3) is 0.321. The van der Waals surface area contributed by atoms with Crippen molar-refractivity contribution in [1.29, 1.82) is 0 Å². The molecule has 0 saturated carbocycles. The van der Waals surface area contributed by atoms with Crippen molar-refractivity contribution in [1.82, 2.24) is 4.90 Å². The van der Waals surface area contributed by atoms with Crippen LogP contribution in [0.4, 0.5) is 10.1 Å². The van der Waals surface area contributed by atoms with Crippen LogP contribution in [0.1, 0.15) is 42.9 Å². The molecule has 3 atom stereocenters. The van der Waals surface area contributed by atoms with Crippen LogP contribution in [0, 0.1) is 5.82 Å². The second-order valence-electron chi connectivity index (χ2n) is 9.27. The van der Waals surface area contributed by atoms with Gasteiger partial charge < -0.3 is 10.1 Å². The van der Waals surface area contributed by atoms with Crippen molar-refractivity contribution in [2.45, 2.75) is 50.9 Å². The highest BCUT2D eigenvalue weighted by molar-refractivity contribution is 6.31. The third kappa shape index (κ3) is 5.24. The van der Waals surface area contributed by atoms with E-state index in [2.05, 4.69) is 23.2 Å². The number of anilines is 1. The van der Waals surface area contributed by atoms with Crippen LogP contribution < -0.4 is 5.32 Å². The highest BCUT2D eigenvalue weighted by atomic mass is 35.5. The molecule has 1 fully saturated rings. The van der Waals surface area contributed by atoms with Crippen molar-refractivity contribution in [3.63, 3.8) is 0 Å². The fourth-order valence-corrected chi connectivity index (χ4v) is 5.56. The number of hydrogen-bond acceptors (Lipinski definition) is 3. The van der Waals surface area contributed by atoms with Gasteiger partial charge in [-0.05, 0) is 61.2 Å². The van der Waals surface area contributed by atoms with E-state index >= 15 is 4.39 Å². The van der Waals surface area contributed by atoms with Crippen LogP contribution in [0.15, 0.2) is 66.7 Å². The Balaban J connectivity index is 1.75. The van der Waals surface area contributed by atoms with Gasteiger partial charge in [-0.1, -0.05) is 65.7 Å². The predicted octanol–water partition coefficient (Wildman–Crippen LogP) is 7.05. The van der Waals surface area contributed by atoms with E-state index in [9.17, 15) is 4.79 Å². The Morgan fingerprint density at radius 1 is 1.11 bits per heavy atom. The maximum Gasteiger partial charge on any atom is 0.245 e. The van der Waals surface area contributed by atoms with Crippen LogP contribution in [0.2, 0.25) is 10.0 Å². The molecule has 0 aromatic heterocycles. The summed E-state index contributed by atoms with van der Waals surface area (Å²) in [7, 11) is 1.66. The number of hydrogen-bond donors (Lipinski definition) is 1. The van der Waals surface area contributed by atoms with Crippen molar-refractivity contribution in [2.24, 2.45) is 0 Å². The zero-order chi connectivity index (χ0) is 25.2. The zero-order valence-corrected chi connectivity index (χ0v) is 21.5. The number of ether oxygens (including phenoxy) is 1. The van der Waals surface area contributed by atoms with Gasteiger partial charge in [0.25, 0.3) is 0 Å². The van der Waals surface area contributed by atoms with Crippen LogP contribution in [0.25, 0.3) is 0 Å². The lowest BCUT2D eigenvalue weighted by Crippen LogP contribution is -2.55. The predicted molar refractivity (Wildman–Crippen MR) is 139 cm³/mol. The number of halogens is 3. The molecule has 4 rings (SSSR count). The van der Waals surface area contributed by atoms with Gasteiger partial charge >= 0.3 is 0 Å². The summed E-state index contributed by atoms with van der Waals surface area (Å²) >= 11 is 12.3. The summed E-state index contributed by atoms with van der Waals surface area (Å²) in [5, 5.41) is 3.61. The number of amides is 1. The molecule has 35 heavy (non-hydrogen) atoms. The number of nitrogens with zero attached hydrogens (tertiary/aromatic N) is 1. The molecule has 1 heterocycles. The summed E-state index contributed by atoms with van der Waals surface area (Å²) in [6.45, 7) is 5.00. The molecule has 0 radical (unpaired) electrons. The molecule has 7 heteroatoms. The van der Waals surface area contributed by atoms with Crippen LogP contribution in [-0.2, 0) is 22.7 Å². The minimum Gasteiger partial charge on any atom is -0.380 e. The number of rotatable bonds is 7. The molecule has 1 aliphatic heterocycles. The first kappa shape index (κ1) is 25.6. The monoisotopic (exact) mass is 514 g/mol. The summed E-state index contributed by atoms with van der Waals surface area (Å²) in [6, 6.07) is 20.1. The molecule has 184 valence electrons. The van der Waals surface area contributed by atoms with Gasteiger partial charge in [-0.15, -0.1) is 0 Å². The minimum atomic E-state index is -1.05. The van der Waals surface area contributed by atoms with Gasteiger partial charge in [0, 0.05) is 36.3 Å². The summed E-state index contributed by atoms with van der Waals surface area (Å²) in [4.78, 5) is 16.1. The average Bonchev–Trinajstić information content (AvgIpc) is 3.07. The second-order valence-corrected chi connectivity index (χ2v) is 10.1. The summed E-state index contributed by atoms with van der Waals surface area (Å²) in [5.41, 5.74) is 2.10. The summed E-state index contributed by atoms with van der Waals surface area (Å²) < 4.78 is 20.5. The van der Waals surface area contributed by atoms with E-state index < -0.39 is 17.3 Å². The van der Waals surface area contributed by atoms with Crippen LogP contribution in [0.5, 0.6) is 0 Å². The Bertz CT molecular complexity index is 1220. The molecule has 3 aromatic rings. The van der Waals surface area contributed by atoms with Crippen molar-refractivity contribution in [3.8, 4) is 0 Å². The van der Waals surface area contributed by atoms with E-state index in [1.165, 1.54) is 6.07 Å². The van der Waals surface area contributed by atoms with Gasteiger partial charge in [0.05, 0.1) is 11.6 Å². The molecule has 0 aliphatic carbocycles. The van der Waals surface area contributed by atoms with Gasteiger partial charge in [-0.2, -0.15) is 0 Å². The smallest absolute Gasteiger partial charge is 0.245 e. The topological polar surface area (TPSA) is 41.6 Å². The molecule has 1 aliphatic rings. The first-order valence-corrected chi connectivity index (χ1v) is 12.3. The van der Waals surface area contributed by atoms with Crippen LogP contribution in [0.3, 0.4) is 0 Å². The normalized spacial score (nSPS) is 22.3. The van der Waals surface area contributed by atoms with E-state index in [0.717, 1.165) is 11.1 Å². The molecular weight excluding hydrogens is 486 g/mol. The quantitative estimate of drug-likeness (QED) is 0.367. The number of likely N-dealkylation sites (tertiary alicyclic amines) is 1. The van der Waals surface area contributed by atoms with Crippen LogP contribution >= 0.6 is 23.2 Å². The highest BCUT2D eigenvalue weighted by Crippen LogP contribution is 2.48. The number of benzene rings is 3. The van der Waals surface area contributed by atoms with Crippen molar-refractivity contribution < 1.29 is 13.9 Å². The largest absolute Gasteiger partial charge is 0.380 e. The lowest BCUT2D eigenvalue weighted by molar-refractivity contribution is -0.127. The Morgan fingerprint density at radius 3 is 2.57 bits per heavy atom.